The molecule has 0 radical (unpaired) electrons. The average molecular weight is 257 g/mol. The van der Waals surface area contributed by atoms with E-state index in [0.29, 0.717) is 23.6 Å². The molecule has 2 N–H and O–H groups in total. The maximum Gasteiger partial charge on any atom is 0.337 e. The summed E-state index contributed by atoms with van der Waals surface area (Å²) in [7, 11) is 1.36. The monoisotopic (exact) mass is 257 g/mol. The second-order valence-corrected chi connectivity index (χ2v) is 4.05. The van der Waals surface area contributed by atoms with Gasteiger partial charge in [0.2, 0.25) is 0 Å². The Labute approximate surface area is 111 Å². The van der Waals surface area contributed by atoms with E-state index in [1.54, 1.807) is 30.3 Å². The number of rotatable bonds is 4. The number of nitrogens with two attached hydrogens (primary N) is 1. The second kappa shape index (κ2) is 5.91. The van der Waals surface area contributed by atoms with Crippen LogP contribution >= 0.6 is 0 Å². The van der Waals surface area contributed by atoms with Crippen molar-refractivity contribution in [3.8, 4) is 5.75 Å². The van der Waals surface area contributed by atoms with Crippen LogP contribution in [-0.2, 0) is 11.3 Å². The van der Waals surface area contributed by atoms with Crippen LogP contribution in [0.15, 0.2) is 48.5 Å². The molecule has 0 saturated heterocycles. The van der Waals surface area contributed by atoms with Crippen molar-refractivity contribution in [1.82, 2.24) is 0 Å². The van der Waals surface area contributed by atoms with Gasteiger partial charge >= 0.3 is 5.97 Å². The Hall–Kier alpha value is -2.49. The topological polar surface area (TPSA) is 61.5 Å². The third kappa shape index (κ3) is 3.48. The van der Waals surface area contributed by atoms with E-state index in [-0.39, 0.29) is 5.97 Å². The Morgan fingerprint density at radius 2 is 1.95 bits per heavy atom. The van der Waals surface area contributed by atoms with Crippen LogP contribution in [-0.4, -0.2) is 13.1 Å². The first-order chi connectivity index (χ1) is 9.19. The van der Waals surface area contributed by atoms with E-state index < -0.39 is 0 Å². The minimum absolute atomic E-state index is 0.356. The van der Waals surface area contributed by atoms with Crippen molar-refractivity contribution >= 4 is 11.7 Å². The molecule has 4 heteroatoms. The van der Waals surface area contributed by atoms with Gasteiger partial charge in [-0.1, -0.05) is 18.2 Å². The fourth-order valence-electron chi connectivity index (χ4n) is 1.68. The third-order valence-corrected chi connectivity index (χ3v) is 2.61. The zero-order valence-corrected chi connectivity index (χ0v) is 10.6. The molecule has 98 valence electrons. The van der Waals surface area contributed by atoms with E-state index in [4.69, 9.17) is 10.5 Å². The lowest BCUT2D eigenvalue weighted by molar-refractivity contribution is 0.0600. The summed E-state index contributed by atoms with van der Waals surface area (Å²) in [6.07, 6.45) is 0. The minimum atomic E-state index is -0.356. The van der Waals surface area contributed by atoms with Gasteiger partial charge in [-0.2, -0.15) is 0 Å². The Morgan fingerprint density at radius 3 is 2.68 bits per heavy atom. The van der Waals surface area contributed by atoms with E-state index in [9.17, 15) is 4.79 Å². The summed E-state index contributed by atoms with van der Waals surface area (Å²) >= 11 is 0. The number of carbonyl (C=O) groups is 1. The summed E-state index contributed by atoms with van der Waals surface area (Å²) in [5, 5.41) is 0. The summed E-state index contributed by atoms with van der Waals surface area (Å²) in [6, 6.07) is 14.3. The number of esters is 1. The average Bonchev–Trinajstić information content (AvgIpc) is 2.45. The zero-order valence-electron chi connectivity index (χ0n) is 10.6. The molecule has 0 unspecified atom stereocenters. The van der Waals surface area contributed by atoms with Gasteiger partial charge in [0.25, 0.3) is 0 Å². The summed E-state index contributed by atoms with van der Waals surface area (Å²) < 4.78 is 10.3. The first-order valence-electron chi connectivity index (χ1n) is 5.84. The van der Waals surface area contributed by atoms with Crippen LogP contribution in [0.5, 0.6) is 5.75 Å². The molecule has 0 aromatic heterocycles. The predicted molar refractivity (Wildman–Crippen MR) is 73.0 cm³/mol. The minimum Gasteiger partial charge on any atom is -0.489 e. The number of carbonyl (C=O) groups excluding carboxylic acids is 1. The van der Waals surface area contributed by atoms with E-state index in [1.807, 2.05) is 18.2 Å². The molecular formula is C15H15NO3. The molecule has 0 aliphatic carbocycles. The molecule has 0 fully saturated rings. The van der Waals surface area contributed by atoms with Gasteiger partial charge in [-0.3, -0.25) is 0 Å². The fourth-order valence-corrected chi connectivity index (χ4v) is 1.68. The van der Waals surface area contributed by atoms with Gasteiger partial charge < -0.3 is 15.2 Å². The first kappa shape index (κ1) is 13.0. The standard InChI is InChI=1S/C15H15NO3/c1-18-15(17)12-5-2-4-11(8-12)10-19-14-7-3-6-13(16)9-14/h2-9H,10,16H2,1H3. The van der Waals surface area contributed by atoms with Gasteiger partial charge in [0.15, 0.2) is 0 Å². The zero-order chi connectivity index (χ0) is 13.7. The second-order valence-electron chi connectivity index (χ2n) is 4.05. The number of hydrogen-bond donors (Lipinski definition) is 1. The number of ether oxygens (including phenoxy) is 2. The van der Waals surface area contributed by atoms with Crippen LogP contribution < -0.4 is 10.5 Å². The van der Waals surface area contributed by atoms with Crippen LogP contribution in [0.25, 0.3) is 0 Å². The van der Waals surface area contributed by atoms with Crippen molar-refractivity contribution in [2.45, 2.75) is 6.61 Å². The lowest BCUT2D eigenvalue weighted by Gasteiger charge is -2.08. The molecule has 0 amide bonds. The molecule has 0 atom stereocenters. The molecular weight excluding hydrogens is 242 g/mol. The SMILES string of the molecule is COC(=O)c1cccc(COc2cccc(N)c2)c1. The maximum atomic E-state index is 11.4. The number of methoxy groups -OCH3 is 1. The van der Waals surface area contributed by atoms with Gasteiger partial charge in [-0.15, -0.1) is 0 Å². The van der Waals surface area contributed by atoms with Crippen molar-refractivity contribution in [2.24, 2.45) is 0 Å². The highest BCUT2D eigenvalue weighted by Crippen LogP contribution is 2.16. The molecule has 0 heterocycles. The summed E-state index contributed by atoms with van der Waals surface area (Å²) in [4.78, 5) is 11.4. The molecule has 4 nitrogen and oxygen atoms in total. The lowest BCUT2D eigenvalue weighted by atomic mass is 10.1. The Morgan fingerprint density at radius 1 is 1.16 bits per heavy atom. The Kier molecular flexibility index (Phi) is 4.03. The normalized spacial score (nSPS) is 9.95. The summed E-state index contributed by atoms with van der Waals surface area (Å²) in [5.74, 6) is 0.342. The molecule has 2 rings (SSSR count). The van der Waals surface area contributed by atoms with Gasteiger partial charge in [0.05, 0.1) is 12.7 Å². The Balaban J connectivity index is 2.05. The molecule has 19 heavy (non-hydrogen) atoms. The summed E-state index contributed by atoms with van der Waals surface area (Å²) in [5.41, 5.74) is 7.73. The van der Waals surface area contributed by atoms with E-state index in [2.05, 4.69) is 4.74 Å². The van der Waals surface area contributed by atoms with Gasteiger partial charge in [-0.25, -0.2) is 4.79 Å². The highest BCUT2D eigenvalue weighted by atomic mass is 16.5. The van der Waals surface area contributed by atoms with Crippen molar-refractivity contribution < 1.29 is 14.3 Å². The lowest BCUT2D eigenvalue weighted by Crippen LogP contribution is -2.03. The molecule has 0 spiro atoms. The first-order valence-corrected chi connectivity index (χ1v) is 5.84. The van der Waals surface area contributed by atoms with E-state index in [0.717, 1.165) is 5.56 Å². The number of nitrogen functional groups attached to an aromatic ring is 1. The molecule has 0 saturated carbocycles. The number of hydrogen-bond acceptors (Lipinski definition) is 4. The quantitative estimate of drug-likeness (QED) is 0.675. The van der Waals surface area contributed by atoms with Crippen LogP contribution in [0.1, 0.15) is 15.9 Å². The predicted octanol–water partition coefficient (Wildman–Crippen LogP) is 2.63. The van der Waals surface area contributed by atoms with Gasteiger partial charge in [0, 0.05) is 11.8 Å². The van der Waals surface area contributed by atoms with Crippen molar-refractivity contribution in [3.05, 3.63) is 59.7 Å². The van der Waals surface area contributed by atoms with Crippen LogP contribution in [0.4, 0.5) is 5.69 Å². The fraction of sp³-hybridized carbons (Fsp3) is 0.133. The number of anilines is 1. The van der Waals surface area contributed by atoms with E-state index >= 15 is 0 Å². The summed E-state index contributed by atoms with van der Waals surface area (Å²) in [6.45, 7) is 0.369. The van der Waals surface area contributed by atoms with Crippen molar-refractivity contribution in [1.29, 1.82) is 0 Å². The highest BCUT2D eigenvalue weighted by molar-refractivity contribution is 5.89. The molecule has 0 aliphatic rings. The van der Waals surface area contributed by atoms with Gasteiger partial charge in [-0.05, 0) is 29.8 Å². The molecule has 0 bridgehead atoms. The van der Waals surface area contributed by atoms with Crippen molar-refractivity contribution in [3.63, 3.8) is 0 Å². The molecule has 2 aromatic carbocycles. The van der Waals surface area contributed by atoms with Gasteiger partial charge in [0.1, 0.15) is 12.4 Å². The number of benzene rings is 2. The maximum absolute atomic E-state index is 11.4. The largest absolute Gasteiger partial charge is 0.489 e. The highest BCUT2D eigenvalue weighted by Gasteiger charge is 2.05. The van der Waals surface area contributed by atoms with Crippen LogP contribution in [0.2, 0.25) is 0 Å². The van der Waals surface area contributed by atoms with E-state index in [1.165, 1.54) is 7.11 Å². The van der Waals surface area contributed by atoms with Crippen molar-refractivity contribution in [2.75, 3.05) is 12.8 Å². The third-order valence-electron chi connectivity index (χ3n) is 2.61. The molecule has 0 aliphatic heterocycles. The van der Waals surface area contributed by atoms with Crippen LogP contribution in [0, 0.1) is 0 Å². The Bertz CT molecular complexity index is 581. The van der Waals surface area contributed by atoms with Crippen LogP contribution in [0.3, 0.4) is 0 Å². The smallest absolute Gasteiger partial charge is 0.337 e. The molecule has 2 aromatic rings.